The molecule has 0 saturated heterocycles. The van der Waals surface area contributed by atoms with Crippen molar-refractivity contribution in [3.05, 3.63) is 73.6 Å². The topological polar surface area (TPSA) is 111 Å². The molecule has 0 amide bonds. The summed E-state index contributed by atoms with van der Waals surface area (Å²) in [5.74, 6) is -0.386. The zero-order chi connectivity index (χ0) is 17.9. The number of nitrogens with one attached hydrogen (secondary N) is 1. The standard InChI is InChI=1S/C15H13FN4O4/c1-9-3-4-11(7-13(9)16)10(2)17-18-14-6-5-12(19(21)22)8-15(14)20(23)24/h3-8,18H,1-2H3/b17-10-. The highest BCUT2D eigenvalue weighted by Gasteiger charge is 2.19. The zero-order valence-electron chi connectivity index (χ0n) is 12.8. The van der Waals surface area contributed by atoms with Gasteiger partial charge in [0.05, 0.1) is 21.6 Å². The third-order valence-corrected chi connectivity index (χ3v) is 3.32. The number of rotatable bonds is 5. The van der Waals surface area contributed by atoms with Crippen LogP contribution in [0.2, 0.25) is 0 Å². The predicted molar refractivity (Wildman–Crippen MR) is 86.7 cm³/mol. The number of hydrogen-bond donors (Lipinski definition) is 1. The SMILES string of the molecule is C/C(=N/Nc1ccc([N+](=O)[O-])cc1[N+](=O)[O-])c1ccc(C)c(F)c1. The van der Waals surface area contributed by atoms with E-state index < -0.39 is 21.2 Å². The molecule has 0 aliphatic rings. The van der Waals surface area contributed by atoms with Gasteiger partial charge >= 0.3 is 5.69 Å². The third kappa shape index (κ3) is 3.69. The highest BCUT2D eigenvalue weighted by atomic mass is 19.1. The first-order valence-electron chi connectivity index (χ1n) is 6.79. The quantitative estimate of drug-likeness (QED) is 0.509. The van der Waals surface area contributed by atoms with Crippen LogP contribution in [0, 0.1) is 33.0 Å². The monoisotopic (exact) mass is 332 g/mol. The molecule has 0 radical (unpaired) electrons. The smallest absolute Gasteiger partial charge is 0.271 e. The van der Waals surface area contributed by atoms with Gasteiger partial charge in [-0.1, -0.05) is 12.1 Å². The zero-order valence-corrected chi connectivity index (χ0v) is 12.8. The molecule has 8 nitrogen and oxygen atoms in total. The lowest BCUT2D eigenvalue weighted by molar-refractivity contribution is -0.393. The summed E-state index contributed by atoms with van der Waals surface area (Å²) in [4.78, 5) is 20.3. The van der Waals surface area contributed by atoms with Gasteiger partial charge in [0.15, 0.2) is 0 Å². The van der Waals surface area contributed by atoms with E-state index >= 15 is 0 Å². The molecule has 2 aromatic rings. The minimum Gasteiger partial charge on any atom is -0.271 e. The van der Waals surface area contributed by atoms with Gasteiger partial charge in [0, 0.05) is 11.6 Å². The van der Waals surface area contributed by atoms with E-state index in [1.165, 1.54) is 12.1 Å². The van der Waals surface area contributed by atoms with E-state index in [0.717, 1.165) is 12.1 Å². The highest BCUT2D eigenvalue weighted by Crippen LogP contribution is 2.29. The van der Waals surface area contributed by atoms with Gasteiger partial charge in [0.25, 0.3) is 5.69 Å². The molecule has 24 heavy (non-hydrogen) atoms. The van der Waals surface area contributed by atoms with Crippen LogP contribution in [-0.4, -0.2) is 15.6 Å². The second-order valence-corrected chi connectivity index (χ2v) is 4.99. The Kier molecular flexibility index (Phi) is 4.83. The lowest BCUT2D eigenvalue weighted by Gasteiger charge is -2.05. The molecule has 0 saturated carbocycles. The molecule has 2 rings (SSSR count). The molecule has 0 aromatic heterocycles. The maximum absolute atomic E-state index is 13.6. The molecule has 124 valence electrons. The summed E-state index contributed by atoms with van der Waals surface area (Å²) in [6.07, 6.45) is 0. The lowest BCUT2D eigenvalue weighted by Crippen LogP contribution is -2.03. The van der Waals surface area contributed by atoms with Gasteiger partial charge in [-0.15, -0.1) is 0 Å². The summed E-state index contributed by atoms with van der Waals surface area (Å²) >= 11 is 0. The van der Waals surface area contributed by atoms with Gasteiger partial charge in [0.1, 0.15) is 11.5 Å². The van der Waals surface area contributed by atoms with Crippen molar-refractivity contribution < 1.29 is 14.2 Å². The van der Waals surface area contributed by atoms with E-state index in [0.29, 0.717) is 16.8 Å². The summed E-state index contributed by atoms with van der Waals surface area (Å²) in [5, 5.41) is 25.7. The molecule has 0 aliphatic heterocycles. The Morgan fingerprint density at radius 3 is 2.42 bits per heavy atom. The van der Waals surface area contributed by atoms with Crippen LogP contribution < -0.4 is 5.43 Å². The van der Waals surface area contributed by atoms with E-state index in [4.69, 9.17) is 0 Å². The second-order valence-electron chi connectivity index (χ2n) is 4.99. The maximum Gasteiger partial charge on any atom is 0.301 e. The van der Waals surface area contributed by atoms with Gasteiger partial charge in [-0.05, 0) is 31.5 Å². The van der Waals surface area contributed by atoms with Gasteiger partial charge in [-0.25, -0.2) is 4.39 Å². The number of hydrogen-bond acceptors (Lipinski definition) is 6. The largest absolute Gasteiger partial charge is 0.301 e. The predicted octanol–water partition coefficient (Wildman–Crippen LogP) is 3.79. The Labute approximate surface area is 135 Å². The Hall–Kier alpha value is -3.36. The molecule has 1 N–H and O–H groups in total. The van der Waals surface area contributed by atoms with Crippen molar-refractivity contribution in [1.82, 2.24) is 0 Å². The van der Waals surface area contributed by atoms with Gasteiger partial charge in [-0.2, -0.15) is 5.10 Å². The van der Waals surface area contributed by atoms with Crippen molar-refractivity contribution in [1.29, 1.82) is 0 Å². The number of benzene rings is 2. The molecular weight excluding hydrogens is 319 g/mol. The molecular formula is C15H13FN4O4. The number of hydrazone groups is 1. The van der Waals surface area contributed by atoms with Gasteiger partial charge in [0.2, 0.25) is 0 Å². The number of anilines is 1. The first-order chi connectivity index (χ1) is 11.3. The molecule has 0 fully saturated rings. The molecule has 0 unspecified atom stereocenters. The van der Waals surface area contributed by atoms with E-state index in [1.807, 2.05) is 0 Å². The van der Waals surface area contributed by atoms with E-state index in [9.17, 15) is 24.6 Å². The fourth-order valence-corrected chi connectivity index (χ4v) is 1.91. The molecule has 0 aliphatic carbocycles. The van der Waals surface area contributed by atoms with Crippen LogP contribution >= 0.6 is 0 Å². The summed E-state index contributed by atoms with van der Waals surface area (Å²) < 4.78 is 13.6. The van der Waals surface area contributed by atoms with E-state index in [-0.39, 0.29) is 11.5 Å². The van der Waals surface area contributed by atoms with Crippen LogP contribution in [0.25, 0.3) is 0 Å². The summed E-state index contributed by atoms with van der Waals surface area (Å²) in [7, 11) is 0. The summed E-state index contributed by atoms with van der Waals surface area (Å²) in [6, 6.07) is 7.74. The Bertz CT molecular complexity index is 851. The second kappa shape index (κ2) is 6.82. The minimum absolute atomic E-state index is 0.00228. The molecule has 0 bridgehead atoms. The summed E-state index contributed by atoms with van der Waals surface area (Å²) in [6.45, 7) is 3.23. The first-order valence-corrected chi connectivity index (χ1v) is 6.79. The summed E-state index contributed by atoms with van der Waals surface area (Å²) in [5.41, 5.74) is 3.03. The molecule has 0 spiro atoms. The lowest BCUT2D eigenvalue weighted by atomic mass is 10.1. The van der Waals surface area contributed by atoms with Crippen molar-refractivity contribution in [3.63, 3.8) is 0 Å². The van der Waals surface area contributed by atoms with E-state index in [2.05, 4.69) is 10.5 Å². The van der Waals surface area contributed by atoms with Crippen molar-refractivity contribution in [2.75, 3.05) is 5.43 Å². The molecule has 2 aromatic carbocycles. The van der Waals surface area contributed by atoms with Gasteiger partial charge < -0.3 is 0 Å². The number of non-ortho nitro benzene ring substituents is 1. The average molecular weight is 332 g/mol. The number of nitrogens with zero attached hydrogens (tertiary/aromatic N) is 3. The van der Waals surface area contributed by atoms with Crippen LogP contribution in [-0.2, 0) is 0 Å². The van der Waals surface area contributed by atoms with Crippen molar-refractivity contribution >= 4 is 22.8 Å². The highest BCUT2D eigenvalue weighted by molar-refractivity contribution is 5.99. The number of nitro groups is 2. The van der Waals surface area contributed by atoms with Crippen molar-refractivity contribution in [2.24, 2.45) is 5.10 Å². The fourth-order valence-electron chi connectivity index (χ4n) is 1.91. The van der Waals surface area contributed by atoms with Crippen LogP contribution in [0.15, 0.2) is 41.5 Å². The van der Waals surface area contributed by atoms with E-state index in [1.54, 1.807) is 26.0 Å². The Balaban J connectivity index is 2.31. The fraction of sp³-hybridized carbons (Fsp3) is 0.133. The number of aryl methyl sites for hydroxylation is 1. The molecule has 0 atom stereocenters. The van der Waals surface area contributed by atoms with Crippen molar-refractivity contribution in [2.45, 2.75) is 13.8 Å². The van der Waals surface area contributed by atoms with Gasteiger partial charge in [-0.3, -0.25) is 25.7 Å². The Morgan fingerprint density at radius 1 is 1.12 bits per heavy atom. The van der Waals surface area contributed by atoms with Crippen LogP contribution in [0.1, 0.15) is 18.1 Å². The van der Waals surface area contributed by atoms with Crippen LogP contribution in [0.5, 0.6) is 0 Å². The van der Waals surface area contributed by atoms with Crippen LogP contribution in [0.3, 0.4) is 0 Å². The van der Waals surface area contributed by atoms with Crippen LogP contribution in [0.4, 0.5) is 21.5 Å². The first kappa shape index (κ1) is 17.0. The average Bonchev–Trinajstić information content (AvgIpc) is 2.54. The third-order valence-electron chi connectivity index (χ3n) is 3.32. The molecule has 9 heteroatoms. The maximum atomic E-state index is 13.6. The number of nitro benzene ring substituents is 2. The number of halogens is 1. The minimum atomic E-state index is -0.744. The normalized spacial score (nSPS) is 11.2. The molecule has 0 heterocycles. The van der Waals surface area contributed by atoms with Crippen molar-refractivity contribution in [3.8, 4) is 0 Å². The Morgan fingerprint density at radius 2 is 1.83 bits per heavy atom.